The largest absolute Gasteiger partial charge is 0.489 e. The molecule has 19 heavy (non-hydrogen) atoms. The zero-order valence-corrected chi connectivity index (χ0v) is 10.6. The number of hydrogen-bond donors (Lipinski definition) is 2. The third kappa shape index (κ3) is 2.91. The summed E-state index contributed by atoms with van der Waals surface area (Å²) in [5, 5.41) is 9.21. The monoisotopic (exact) mass is 279 g/mol. The number of carboxylic acid groups (broad SMARTS) is 1. The molecule has 0 spiro atoms. The summed E-state index contributed by atoms with van der Waals surface area (Å²) in [6.07, 6.45) is 2.64. The number of carboxylic acids is 1. The molecular formula is C11H9N3O4S. The molecule has 2 heterocycles. The van der Waals surface area contributed by atoms with Gasteiger partial charge in [-0.2, -0.15) is 0 Å². The fourth-order valence-corrected chi connectivity index (χ4v) is 2.22. The molecule has 0 bridgehead atoms. The Morgan fingerprint density at radius 1 is 1.47 bits per heavy atom. The Morgan fingerprint density at radius 2 is 2.26 bits per heavy atom. The van der Waals surface area contributed by atoms with Crippen LogP contribution in [-0.4, -0.2) is 33.1 Å². The number of aromatic carboxylic acids is 1. The molecular weight excluding hydrogens is 270 g/mol. The number of ether oxygens (including phenoxy) is 1. The van der Waals surface area contributed by atoms with Crippen LogP contribution >= 0.6 is 11.8 Å². The summed E-state index contributed by atoms with van der Waals surface area (Å²) in [5.74, 6) is -1.03. The van der Waals surface area contributed by atoms with Gasteiger partial charge in [0, 0.05) is 11.1 Å². The molecule has 0 fully saturated rings. The smallest absolute Gasteiger partial charge is 0.354 e. The molecule has 98 valence electrons. The Bertz CT molecular complexity index is 671. The molecule has 8 heteroatoms. The lowest BCUT2D eigenvalue weighted by molar-refractivity contribution is 0.0690. The summed E-state index contributed by atoms with van der Waals surface area (Å²) in [6, 6.07) is 3.02. The zero-order valence-electron chi connectivity index (χ0n) is 9.78. The minimum atomic E-state index is -1.12. The lowest BCUT2D eigenvalue weighted by Gasteiger charge is -2.05. The van der Waals surface area contributed by atoms with E-state index in [0.717, 1.165) is 11.8 Å². The van der Waals surface area contributed by atoms with Crippen molar-refractivity contribution >= 4 is 17.7 Å². The molecule has 0 unspecified atom stereocenters. The molecule has 2 aromatic heterocycles. The number of pyridine rings is 1. The van der Waals surface area contributed by atoms with Crippen molar-refractivity contribution in [3.63, 3.8) is 0 Å². The number of aromatic amines is 1. The molecule has 0 amide bonds. The first-order valence-corrected chi connectivity index (χ1v) is 5.92. The summed E-state index contributed by atoms with van der Waals surface area (Å²) < 4.78 is 4.97. The number of hydrogen-bond acceptors (Lipinski definition) is 6. The second kappa shape index (κ2) is 5.53. The maximum atomic E-state index is 11.5. The topological polar surface area (TPSA) is 105 Å². The van der Waals surface area contributed by atoms with Crippen LogP contribution in [0.1, 0.15) is 10.5 Å². The Hall–Kier alpha value is -2.35. The van der Waals surface area contributed by atoms with Crippen molar-refractivity contribution in [2.45, 2.75) is 9.92 Å². The Labute approximate surface area is 111 Å². The number of nitrogens with zero attached hydrogens (tertiary/aromatic N) is 2. The SMILES string of the molecule is COc1c(Sc2ccnc(C(=O)O)c2)nc[nH]c1=O. The molecule has 0 aliphatic heterocycles. The highest BCUT2D eigenvalue weighted by Gasteiger charge is 2.12. The minimum absolute atomic E-state index is 0.0752. The van der Waals surface area contributed by atoms with E-state index in [1.165, 1.54) is 25.7 Å². The normalized spacial score (nSPS) is 10.2. The summed E-state index contributed by atoms with van der Waals surface area (Å²) >= 11 is 1.13. The average Bonchev–Trinajstić information content (AvgIpc) is 2.39. The van der Waals surface area contributed by atoms with Gasteiger partial charge >= 0.3 is 5.97 Å². The summed E-state index contributed by atoms with van der Waals surface area (Å²) in [4.78, 5) is 33.0. The maximum Gasteiger partial charge on any atom is 0.354 e. The third-order valence-electron chi connectivity index (χ3n) is 2.15. The van der Waals surface area contributed by atoms with E-state index in [4.69, 9.17) is 9.84 Å². The Balaban J connectivity index is 2.36. The molecule has 2 aromatic rings. The van der Waals surface area contributed by atoms with E-state index in [1.54, 1.807) is 6.07 Å². The fraction of sp³-hybridized carbons (Fsp3) is 0.0909. The van der Waals surface area contributed by atoms with Crippen molar-refractivity contribution in [2.24, 2.45) is 0 Å². The Morgan fingerprint density at radius 3 is 2.95 bits per heavy atom. The molecule has 7 nitrogen and oxygen atoms in total. The van der Waals surface area contributed by atoms with Gasteiger partial charge in [-0.3, -0.25) is 4.79 Å². The van der Waals surface area contributed by atoms with Crippen LogP contribution in [0.2, 0.25) is 0 Å². The van der Waals surface area contributed by atoms with Gasteiger partial charge < -0.3 is 14.8 Å². The second-order valence-electron chi connectivity index (χ2n) is 3.35. The highest BCUT2D eigenvalue weighted by Crippen LogP contribution is 2.30. The van der Waals surface area contributed by atoms with Crippen molar-refractivity contribution < 1.29 is 14.6 Å². The quantitative estimate of drug-likeness (QED) is 0.805. The molecule has 2 rings (SSSR count). The zero-order chi connectivity index (χ0) is 13.8. The van der Waals surface area contributed by atoms with Crippen molar-refractivity contribution in [1.29, 1.82) is 0 Å². The van der Waals surface area contributed by atoms with Crippen molar-refractivity contribution in [2.75, 3.05) is 7.11 Å². The van der Waals surface area contributed by atoms with E-state index < -0.39 is 11.5 Å². The number of methoxy groups -OCH3 is 1. The molecule has 0 radical (unpaired) electrons. The van der Waals surface area contributed by atoms with Gasteiger partial charge in [0.05, 0.1) is 13.4 Å². The molecule has 0 aliphatic carbocycles. The van der Waals surface area contributed by atoms with E-state index in [2.05, 4.69) is 15.0 Å². The molecule has 0 atom stereocenters. The molecule has 0 saturated heterocycles. The van der Waals surface area contributed by atoms with Gasteiger partial charge in [0.25, 0.3) is 5.56 Å². The van der Waals surface area contributed by atoms with Crippen molar-refractivity contribution in [3.8, 4) is 5.75 Å². The summed E-state index contributed by atoms with van der Waals surface area (Å²) in [6.45, 7) is 0. The minimum Gasteiger partial charge on any atom is -0.489 e. The molecule has 0 aromatic carbocycles. The van der Waals surface area contributed by atoms with Gasteiger partial charge in [0.1, 0.15) is 5.69 Å². The number of aromatic nitrogens is 3. The lowest BCUT2D eigenvalue weighted by atomic mass is 10.3. The molecule has 0 saturated carbocycles. The first-order valence-electron chi connectivity index (χ1n) is 5.10. The lowest BCUT2D eigenvalue weighted by Crippen LogP contribution is -2.10. The first-order chi connectivity index (χ1) is 9.11. The highest BCUT2D eigenvalue weighted by molar-refractivity contribution is 7.99. The van der Waals surface area contributed by atoms with E-state index in [1.807, 2.05) is 0 Å². The van der Waals surface area contributed by atoms with E-state index in [0.29, 0.717) is 9.92 Å². The third-order valence-corrected chi connectivity index (χ3v) is 3.12. The van der Waals surface area contributed by atoms with Crippen LogP contribution in [0.5, 0.6) is 5.75 Å². The second-order valence-corrected chi connectivity index (χ2v) is 4.42. The van der Waals surface area contributed by atoms with Crippen LogP contribution in [0.3, 0.4) is 0 Å². The predicted octanol–water partition coefficient (Wildman–Crippen LogP) is 1.02. The number of nitrogens with one attached hydrogen (secondary N) is 1. The van der Waals surface area contributed by atoms with E-state index in [9.17, 15) is 9.59 Å². The average molecular weight is 279 g/mol. The molecule has 0 aliphatic rings. The molecule has 2 N–H and O–H groups in total. The van der Waals surface area contributed by atoms with Gasteiger partial charge in [-0.25, -0.2) is 14.8 Å². The van der Waals surface area contributed by atoms with E-state index in [-0.39, 0.29) is 11.4 Å². The maximum absolute atomic E-state index is 11.5. The number of carbonyl (C=O) groups is 1. The van der Waals surface area contributed by atoms with Gasteiger partial charge in [-0.1, -0.05) is 11.8 Å². The van der Waals surface area contributed by atoms with Crippen molar-refractivity contribution in [3.05, 3.63) is 40.7 Å². The van der Waals surface area contributed by atoms with Crippen LogP contribution < -0.4 is 10.3 Å². The number of rotatable bonds is 4. The fourth-order valence-electron chi connectivity index (χ4n) is 1.33. The van der Waals surface area contributed by atoms with Crippen molar-refractivity contribution in [1.82, 2.24) is 15.0 Å². The highest BCUT2D eigenvalue weighted by atomic mass is 32.2. The van der Waals surface area contributed by atoms with Crippen LogP contribution in [-0.2, 0) is 0 Å². The van der Waals surface area contributed by atoms with Gasteiger partial charge in [-0.05, 0) is 12.1 Å². The van der Waals surface area contributed by atoms with Crippen LogP contribution in [0.4, 0.5) is 0 Å². The standard InChI is InChI=1S/C11H9N3O4S/c1-18-8-9(15)13-5-14-10(8)19-6-2-3-12-7(4-6)11(16)17/h2-5H,1H3,(H,16,17)(H,13,14,15). The van der Waals surface area contributed by atoms with Gasteiger partial charge in [0.15, 0.2) is 5.03 Å². The number of H-pyrrole nitrogens is 1. The van der Waals surface area contributed by atoms with Crippen LogP contribution in [0.25, 0.3) is 0 Å². The first kappa shape index (κ1) is 13.1. The van der Waals surface area contributed by atoms with E-state index >= 15 is 0 Å². The van der Waals surface area contributed by atoms with Crippen LogP contribution in [0.15, 0.2) is 39.4 Å². The Kier molecular flexibility index (Phi) is 3.81. The van der Waals surface area contributed by atoms with Crippen LogP contribution in [0, 0.1) is 0 Å². The van der Waals surface area contributed by atoms with Gasteiger partial charge in [-0.15, -0.1) is 0 Å². The van der Waals surface area contributed by atoms with Gasteiger partial charge in [0.2, 0.25) is 5.75 Å². The summed E-state index contributed by atoms with van der Waals surface area (Å²) in [5.41, 5.74) is -0.471. The summed E-state index contributed by atoms with van der Waals surface area (Å²) in [7, 11) is 1.37. The predicted molar refractivity (Wildman–Crippen MR) is 66.7 cm³/mol.